The fourth-order valence-corrected chi connectivity index (χ4v) is 3.47. The first-order valence-electron chi connectivity index (χ1n) is 8.93. The van der Waals surface area contributed by atoms with Gasteiger partial charge in [-0.25, -0.2) is 4.79 Å². The van der Waals surface area contributed by atoms with E-state index in [9.17, 15) is 4.79 Å². The van der Waals surface area contributed by atoms with E-state index in [0.29, 0.717) is 5.92 Å². The predicted molar refractivity (Wildman–Crippen MR) is 98.0 cm³/mol. The highest BCUT2D eigenvalue weighted by Gasteiger charge is 2.21. The fourth-order valence-electron chi connectivity index (χ4n) is 3.47. The third kappa shape index (κ3) is 4.51. The number of para-hydroxylation sites is 1. The molecule has 5 nitrogen and oxygen atoms in total. The number of fused-ring (bicyclic) bond motifs is 1. The van der Waals surface area contributed by atoms with Crippen LogP contribution in [0, 0.1) is 5.92 Å². The zero-order chi connectivity index (χ0) is 16.9. The van der Waals surface area contributed by atoms with Crippen LogP contribution >= 0.6 is 0 Å². The standard InChI is InChI=1S/C19H28N4O/c1-14(2)21-19(24)20-11-15-6-5-9-23(12-15)13-17-10-16-7-3-4-8-18(16)22-17/h3-4,7-8,10,14-15,22H,5-6,9,11-13H2,1-2H3,(H2,20,21,24). The van der Waals surface area contributed by atoms with Gasteiger partial charge in [0.15, 0.2) is 0 Å². The van der Waals surface area contributed by atoms with Gasteiger partial charge in [0.1, 0.15) is 0 Å². The van der Waals surface area contributed by atoms with E-state index in [-0.39, 0.29) is 12.1 Å². The third-order valence-corrected chi connectivity index (χ3v) is 4.55. The van der Waals surface area contributed by atoms with Crippen LogP contribution < -0.4 is 10.6 Å². The van der Waals surface area contributed by atoms with Crippen LogP contribution in [-0.2, 0) is 6.54 Å². The molecule has 2 amide bonds. The van der Waals surface area contributed by atoms with E-state index in [1.54, 1.807) is 0 Å². The van der Waals surface area contributed by atoms with Gasteiger partial charge in [0.2, 0.25) is 0 Å². The first kappa shape index (κ1) is 16.8. The topological polar surface area (TPSA) is 60.2 Å². The van der Waals surface area contributed by atoms with Crippen molar-refractivity contribution < 1.29 is 4.79 Å². The van der Waals surface area contributed by atoms with E-state index in [1.807, 2.05) is 13.8 Å². The summed E-state index contributed by atoms with van der Waals surface area (Å²) >= 11 is 0. The molecule has 1 aromatic heterocycles. The Morgan fingerprint density at radius 3 is 3.00 bits per heavy atom. The highest BCUT2D eigenvalue weighted by atomic mass is 16.2. The normalized spacial score (nSPS) is 18.9. The quantitative estimate of drug-likeness (QED) is 0.790. The van der Waals surface area contributed by atoms with Crippen molar-refractivity contribution in [3.8, 4) is 0 Å². The Labute approximate surface area is 143 Å². The smallest absolute Gasteiger partial charge is 0.314 e. The number of benzene rings is 1. The van der Waals surface area contributed by atoms with Crippen LogP contribution in [0.15, 0.2) is 30.3 Å². The Morgan fingerprint density at radius 2 is 2.21 bits per heavy atom. The summed E-state index contributed by atoms with van der Waals surface area (Å²) in [4.78, 5) is 17.7. The van der Waals surface area contributed by atoms with Gasteiger partial charge in [-0.3, -0.25) is 4.90 Å². The Kier molecular flexibility index (Phi) is 5.41. The van der Waals surface area contributed by atoms with Gasteiger partial charge in [-0.15, -0.1) is 0 Å². The van der Waals surface area contributed by atoms with E-state index < -0.39 is 0 Å². The molecule has 1 fully saturated rings. The molecule has 24 heavy (non-hydrogen) atoms. The van der Waals surface area contributed by atoms with Crippen molar-refractivity contribution in [2.75, 3.05) is 19.6 Å². The van der Waals surface area contributed by atoms with Gasteiger partial charge in [0.05, 0.1) is 0 Å². The molecule has 0 aliphatic carbocycles. The number of carbonyl (C=O) groups is 1. The molecule has 1 unspecified atom stereocenters. The summed E-state index contributed by atoms with van der Waals surface area (Å²) in [7, 11) is 0. The SMILES string of the molecule is CC(C)NC(=O)NCC1CCCN(Cc2cc3ccccc3[nH]2)C1. The first-order valence-corrected chi connectivity index (χ1v) is 8.93. The Morgan fingerprint density at radius 1 is 1.38 bits per heavy atom. The maximum absolute atomic E-state index is 11.7. The zero-order valence-corrected chi connectivity index (χ0v) is 14.6. The molecule has 0 radical (unpaired) electrons. The number of urea groups is 1. The molecule has 1 aromatic carbocycles. The van der Waals surface area contributed by atoms with Gasteiger partial charge in [0.25, 0.3) is 0 Å². The number of aromatic nitrogens is 1. The van der Waals surface area contributed by atoms with Gasteiger partial charge in [-0.05, 0) is 56.7 Å². The summed E-state index contributed by atoms with van der Waals surface area (Å²) in [6.45, 7) is 7.82. The third-order valence-electron chi connectivity index (χ3n) is 4.55. The van der Waals surface area contributed by atoms with Crippen LogP contribution in [0.3, 0.4) is 0 Å². The molecule has 1 saturated heterocycles. The number of aromatic amines is 1. The molecule has 3 rings (SSSR count). The number of amides is 2. The van der Waals surface area contributed by atoms with Gasteiger partial charge in [-0.2, -0.15) is 0 Å². The Hall–Kier alpha value is -2.01. The molecular weight excluding hydrogens is 300 g/mol. The second-order valence-electron chi connectivity index (χ2n) is 7.13. The van der Waals surface area contributed by atoms with Crippen molar-refractivity contribution in [2.45, 2.75) is 39.3 Å². The number of piperidine rings is 1. The first-order chi connectivity index (χ1) is 11.6. The minimum atomic E-state index is -0.0576. The average Bonchev–Trinajstić information content (AvgIpc) is 2.95. The maximum atomic E-state index is 11.7. The van der Waals surface area contributed by atoms with E-state index in [4.69, 9.17) is 0 Å². The van der Waals surface area contributed by atoms with Crippen molar-refractivity contribution in [3.05, 3.63) is 36.0 Å². The van der Waals surface area contributed by atoms with Crippen molar-refractivity contribution in [1.29, 1.82) is 0 Å². The Bertz CT molecular complexity index is 646. The zero-order valence-electron chi connectivity index (χ0n) is 14.6. The summed E-state index contributed by atoms with van der Waals surface area (Å²) in [6.07, 6.45) is 2.38. The summed E-state index contributed by atoms with van der Waals surface area (Å²) in [5, 5.41) is 7.16. The minimum absolute atomic E-state index is 0.0576. The number of nitrogens with zero attached hydrogens (tertiary/aromatic N) is 1. The van der Waals surface area contributed by atoms with Crippen molar-refractivity contribution in [2.24, 2.45) is 5.92 Å². The van der Waals surface area contributed by atoms with Crippen LogP contribution in [0.2, 0.25) is 0 Å². The average molecular weight is 328 g/mol. The lowest BCUT2D eigenvalue weighted by molar-refractivity contribution is 0.163. The second-order valence-corrected chi connectivity index (χ2v) is 7.13. The van der Waals surface area contributed by atoms with Gasteiger partial charge >= 0.3 is 6.03 Å². The van der Waals surface area contributed by atoms with Gasteiger partial charge in [0, 0.05) is 36.9 Å². The molecule has 1 atom stereocenters. The largest absolute Gasteiger partial charge is 0.357 e. The van der Waals surface area contributed by atoms with Crippen molar-refractivity contribution >= 4 is 16.9 Å². The lowest BCUT2D eigenvalue weighted by Gasteiger charge is -2.32. The van der Waals surface area contributed by atoms with Gasteiger partial charge in [-0.1, -0.05) is 18.2 Å². The van der Waals surface area contributed by atoms with Crippen LogP contribution in [-0.4, -0.2) is 41.6 Å². The number of hydrogen-bond donors (Lipinski definition) is 3. The van der Waals surface area contributed by atoms with Crippen LogP contribution in [0.1, 0.15) is 32.4 Å². The number of nitrogens with one attached hydrogen (secondary N) is 3. The van der Waals surface area contributed by atoms with Gasteiger partial charge < -0.3 is 15.6 Å². The second kappa shape index (κ2) is 7.71. The highest BCUT2D eigenvalue weighted by molar-refractivity contribution is 5.80. The Balaban J connectivity index is 1.51. The number of hydrogen-bond acceptors (Lipinski definition) is 2. The van der Waals surface area contributed by atoms with E-state index >= 15 is 0 Å². The predicted octanol–water partition coefficient (Wildman–Crippen LogP) is 3.09. The molecule has 0 saturated carbocycles. The number of rotatable bonds is 5. The lowest BCUT2D eigenvalue weighted by atomic mass is 9.98. The number of carbonyl (C=O) groups excluding carboxylic acids is 1. The van der Waals surface area contributed by atoms with Crippen LogP contribution in [0.25, 0.3) is 10.9 Å². The van der Waals surface area contributed by atoms with Crippen molar-refractivity contribution in [1.82, 2.24) is 20.5 Å². The monoisotopic (exact) mass is 328 g/mol. The van der Waals surface area contributed by atoms with E-state index in [1.165, 1.54) is 29.4 Å². The summed E-state index contributed by atoms with van der Waals surface area (Å²) in [6, 6.07) is 10.8. The molecule has 1 aliphatic heterocycles. The van der Waals surface area contributed by atoms with Crippen molar-refractivity contribution in [3.63, 3.8) is 0 Å². The maximum Gasteiger partial charge on any atom is 0.314 e. The molecule has 1 aliphatic rings. The van der Waals surface area contributed by atoms with Crippen LogP contribution in [0.4, 0.5) is 4.79 Å². The molecule has 5 heteroatoms. The minimum Gasteiger partial charge on any atom is -0.357 e. The molecule has 3 N–H and O–H groups in total. The summed E-state index contributed by atoms with van der Waals surface area (Å²) in [5.74, 6) is 0.529. The lowest BCUT2D eigenvalue weighted by Crippen LogP contribution is -2.45. The molecular formula is C19H28N4O. The summed E-state index contributed by atoms with van der Waals surface area (Å²) < 4.78 is 0. The number of H-pyrrole nitrogens is 1. The fraction of sp³-hybridized carbons (Fsp3) is 0.526. The summed E-state index contributed by atoms with van der Waals surface area (Å²) in [5.41, 5.74) is 2.47. The van der Waals surface area contributed by atoms with E-state index in [2.05, 4.69) is 50.8 Å². The number of likely N-dealkylation sites (tertiary alicyclic amines) is 1. The highest BCUT2D eigenvalue weighted by Crippen LogP contribution is 2.20. The molecule has 2 aromatic rings. The molecule has 2 heterocycles. The molecule has 0 spiro atoms. The molecule has 0 bridgehead atoms. The van der Waals surface area contributed by atoms with Crippen LogP contribution in [0.5, 0.6) is 0 Å². The molecule has 130 valence electrons. The van der Waals surface area contributed by atoms with E-state index in [0.717, 1.165) is 26.2 Å².